The summed E-state index contributed by atoms with van der Waals surface area (Å²) in [5.74, 6) is 1.30. The quantitative estimate of drug-likeness (QED) is 0.744. The molecule has 5 heteroatoms. The smallest absolute Gasteiger partial charge is 0.251 e. The van der Waals surface area contributed by atoms with Crippen molar-refractivity contribution < 1.29 is 4.79 Å². The van der Waals surface area contributed by atoms with Crippen molar-refractivity contribution in [2.45, 2.75) is 32.2 Å². The van der Waals surface area contributed by atoms with E-state index in [4.69, 9.17) is 5.73 Å². The highest BCUT2D eigenvalue weighted by Gasteiger charge is 2.41. The van der Waals surface area contributed by atoms with E-state index in [-0.39, 0.29) is 11.4 Å². The molecule has 3 N–H and O–H groups in total. The van der Waals surface area contributed by atoms with E-state index in [0.717, 1.165) is 35.4 Å². The van der Waals surface area contributed by atoms with Crippen molar-refractivity contribution in [3.63, 3.8) is 0 Å². The summed E-state index contributed by atoms with van der Waals surface area (Å²) in [6, 6.07) is 15.8. The van der Waals surface area contributed by atoms with Crippen LogP contribution in [0.25, 0.3) is 16.7 Å². The zero-order valence-corrected chi connectivity index (χ0v) is 15.2. The Balaban J connectivity index is 1.67. The van der Waals surface area contributed by atoms with Gasteiger partial charge in [0.15, 0.2) is 0 Å². The molecule has 3 aromatic rings. The number of nitrogens with one attached hydrogen (secondary N) is 1. The van der Waals surface area contributed by atoms with Gasteiger partial charge in [0, 0.05) is 17.8 Å². The van der Waals surface area contributed by atoms with Crippen LogP contribution in [-0.2, 0) is 0 Å². The number of amides is 1. The average molecular weight is 348 g/mol. The van der Waals surface area contributed by atoms with E-state index in [2.05, 4.69) is 27.0 Å². The van der Waals surface area contributed by atoms with Crippen LogP contribution in [0.1, 0.15) is 35.9 Å². The van der Waals surface area contributed by atoms with Gasteiger partial charge in [-0.15, -0.1) is 0 Å². The number of aromatic nitrogens is 2. The molecule has 1 aromatic heterocycles. The number of nitrogens with zero attached hydrogens (tertiary/aromatic N) is 2. The fourth-order valence-corrected chi connectivity index (χ4v) is 3.62. The number of hydrogen-bond acceptors (Lipinski definition) is 3. The number of hydrogen-bond donors (Lipinski definition) is 2. The average Bonchev–Trinajstić information content (AvgIpc) is 3.45. The number of aryl methyl sites for hydroxylation is 1. The number of carbonyl (C=O) groups is 1. The lowest BCUT2D eigenvalue weighted by atomic mass is 9.95. The fraction of sp³-hybridized carbons (Fsp3) is 0.333. The minimum atomic E-state index is -0.328. The molecule has 1 saturated carbocycles. The summed E-state index contributed by atoms with van der Waals surface area (Å²) in [4.78, 5) is 17.4. The van der Waals surface area contributed by atoms with Crippen molar-refractivity contribution in [2.24, 2.45) is 11.7 Å². The van der Waals surface area contributed by atoms with Gasteiger partial charge >= 0.3 is 0 Å². The Morgan fingerprint density at radius 3 is 2.65 bits per heavy atom. The van der Waals surface area contributed by atoms with Gasteiger partial charge in [-0.1, -0.05) is 18.2 Å². The third-order valence-corrected chi connectivity index (χ3v) is 5.40. The third kappa shape index (κ3) is 2.88. The molecule has 1 amide bonds. The van der Waals surface area contributed by atoms with Crippen LogP contribution in [0.15, 0.2) is 48.5 Å². The van der Waals surface area contributed by atoms with Crippen LogP contribution in [0, 0.1) is 12.8 Å². The maximum atomic E-state index is 12.8. The zero-order chi connectivity index (χ0) is 18.3. The Morgan fingerprint density at radius 2 is 2.00 bits per heavy atom. The Morgan fingerprint density at radius 1 is 1.27 bits per heavy atom. The number of benzene rings is 2. The van der Waals surface area contributed by atoms with Gasteiger partial charge in [0.05, 0.1) is 16.6 Å². The Kier molecular flexibility index (Phi) is 4.04. The van der Waals surface area contributed by atoms with Crippen LogP contribution in [0.2, 0.25) is 0 Å². The van der Waals surface area contributed by atoms with Crippen molar-refractivity contribution >= 4 is 16.9 Å². The molecule has 2 aromatic carbocycles. The van der Waals surface area contributed by atoms with Crippen LogP contribution in [0.5, 0.6) is 0 Å². The summed E-state index contributed by atoms with van der Waals surface area (Å²) in [7, 11) is 0. The lowest BCUT2D eigenvalue weighted by Gasteiger charge is -2.29. The van der Waals surface area contributed by atoms with E-state index < -0.39 is 0 Å². The van der Waals surface area contributed by atoms with Gasteiger partial charge in [0.2, 0.25) is 0 Å². The standard InChI is InChI=1S/C21H24N4O/c1-14-23-18-12-15(20(26)24-21(2,13-22)16-9-10-16)8-11-19(18)25(14)17-6-4-3-5-7-17/h3-8,11-12,16H,9-10,13,22H2,1-2H3,(H,24,26). The van der Waals surface area contributed by atoms with E-state index in [0.29, 0.717) is 18.0 Å². The van der Waals surface area contributed by atoms with Gasteiger partial charge in [-0.05, 0) is 62.9 Å². The molecule has 1 atom stereocenters. The molecule has 4 rings (SSSR count). The first-order valence-corrected chi connectivity index (χ1v) is 9.09. The van der Waals surface area contributed by atoms with Gasteiger partial charge < -0.3 is 11.1 Å². The van der Waals surface area contributed by atoms with E-state index in [1.165, 1.54) is 0 Å². The summed E-state index contributed by atoms with van der Waals surface area (Å²) in [5.41, 5.74) is 9.09. The van der Waals surface area contributed by atoms with Gasteiger partial charge in [-0.2, -0.15) is 0 Å². The summed E-state index contributed by atoms with van der Waals surface area (Å²) < 4.78 is 2.10. The van der Waals surface area contributed by atoms with E-state index in [1.54, 1.807) is 0 Å². The maximum absolute atomic E-state index is 12.8. The second-order valence-electron chi connectivity index (χ2n) is 7.38. The number of fused-ring (bicyclic) bond motifs is 1. The van der Waals surface area contributed by atoms with E-state index >= 15 is 0 Å². The largest absolute Gasteiger partial charge is 0.345 e. The van der Waals surface area contributed by atoms with Crippen LogP contribution >= 0.6 is 0 Å². The summed E-state index contributed by atoms with van der Waals surface area (Å²) in [6.07, 6.45) is 2.27. The molecule has 0 radical (unpaired) electrons. The lowest BCUT2D eigenvalue weighted by molar-refractivity contribution is 0.0898. The Bertz CT molecular complexity index is 959. The maximum Gasteiger partial charge on any atom is 0.251 e. The topological polar surface area (TPSA) is 72.9 Å². The molecule has 0 bridgehead atoms. The van der Waals surface area contributed by atoms with Crippen molar-refractivity contribution in [3.05, 3.63) is 59.9 Å². The first-order chi connectivity index (χ1) is 12.5. The highest BCUT2D eigenvalue weighted by molar-refractivity contribution is 5.98. The van der Waals surface area contributed by atoms with Crippen molar-refractivity contribution in [3.8, 4) is 5.69 Å². The zero-order valence-electron chi connectivity index (χ0n) is 15.2. The number of nitrogens with two attached hydrogens (primary N) is 1. The SMILES string of the molecule is Cc1nc2cc(C(=O)NC(C)(CN)C3CC3)ccc2n1-c1ccccc1. The van der Waals surface area contributed by atoms with Gasteiger partial charge in [-0.3, -0.25) is 9.36 Å². The molecule has 1 aliphatic rings. The molecule has 0 aliphatic heterocycles. The van der Waals surface area contributed by atoms with Crippen LogP contribution < -0.4 is 11.1 Å². The Labute approximate surface area is 153 Å². The van der Waals surface area contributed by atoms with E-state index in [1.807, 2.05) is 50.2 Å². The van der Waals surface area contributed by atoms with Crippen LogP contribution in [0.4, 0.5) is 0 Å². The first kappa shape index (κ1) is 16.8. The number of rotatable bonds is 5. The molecular weight excluding hydrogens is 324 g/mol. The number of imidazole rings is 1. The molecule has 5 nitrogen and oxygen atoms in total. The second kappa shape index (κ2) is 6.25. The summed E-state index contributed by atoms with van der Waals surface area (Å²) >= 11 is 0. The monoisotopic (exact) mass is 348 g/mol. The highest BCUT2D eigenvalue weighted by atomic mass is 16.1. The summed E-state index contributed by atoms with van der Waals surface area (Å²) in [5, 5.41) is 3.14. The highest BCUT2D eigenvalue weighted by Crippen LogP contribution is 2.39. The second-order valence-corrected chi connectivity index (χ2v) is 7.38. The minimum Gasteiger partial charge on any atom is -0.345 e. The van der Waals surface area contributed by atoms with Crippen LogP contribution in [0.3, 0.4) is 0 Å². The molecule has 0 spiro atoms. The number of para-hydroxylation sites is 1. The molecule has 0 saturated heterocycles. The minimum absolute atomic E-state index is 0.0846. The van der Waals surface area contributed by atoms with E-state index in [9.17, 15) is 4.79 Å². The molecular formula is C21H24N4O. The summed E-state index contributed by atoms with van der Waals surface area (Å²) in [6.45, 7) is 4.47. The molecule has 1 heterocycles. The van der Waals surface area contributed by atoms with Crippen molar-refractivity contribution in [2.75, 3.05) is 6.54 Å². The van der Waals surface area contributed by atoms with Crippen molar-refractivity contribution in [1.29, 1.82) is 0 Å². The number of carbonyl (C=O) groups excluding carboxylic acids is 1. The predicted molar refractivity (Wildman–Crippen MR) is 103 cm³/mol. The lowest BCUT2D eigenvalue weighted by Crippen LogP contribution is -2.53. The van der Waals surface area contributed by atoms with Gasteiger partial charge in [-0.25, -0.2) is 4.98 Å². The molecule has 26 heavy (non-hydrogen) atoms. The van der Waals surface area contributed by atoms with Gasteiger partial charge in [0.1, 0.15) is 5.82 Å². The third-order valence-electron chi connectivity index (χ3n) is 5.40. The fourth-order valence-electron chi connectivity index (χ4n) is 3.62. The Hall–Kier alpha value is -2.66. The van der Waals surface area contributed by atoms with Gasteiger partial charge in [0.25, 0.3) is 5.91 Å². The first-order valence-electron chi connectivity index (χ1n) is 9.09. The molecule has 1 unspecified atom stereocenters. The normalized spacial score (nSPS) is 16.4. The van der Waals surface area contributed by atoms with Crippen LogP contribution in [-0.4, -0.2) is 27.5 Å². The van der Waals surface area contributed by atoms with Crippen molar-refractivity contribution in [1.82, 2.24) is 14.9 Å². The molecule has 1 aliphatic carbocycles. The molecule has 1 fully saturated rings. The molecule has 134 valence electrons. The predicted octanol–water partition coefficient (Wildman–Crippen LogP) is 3.19.